The summed E-state index contributed by atoms with van der Waals surface area (Å²) in [5.74, 6) is 0.859. The predicted octanol–water partition coefficient (Wildman–Crippen LogP) is 2.98. The van der Waals surface area contributed by atoms with Gasteiger partial charge in [0, 0.05) is 6.04 Å². The van der Waals surface area contributed by atoms with Gasteiger partial charge in [-0.2, -0.15) is 0 Å². The van der Waals surface area contributed by atoms with E-state index in [0.717, 1.165) is 5.56 Å². The molecule has 0 unspecified atom stereocenters. The van der Waals surface area contributed by atoms with Crippen molar-refractivity contribution >= 4 is 29.7 Å². The zero-order valence-corrected chi connectivity index (χ0v) is 17.9. The van der Waals surface area contributed by atoms with E-state index in [4.69, 9.17) is 14.2 Å². The van der Waals surface area contributed by atoms with Crippen LogP contribution in [0.25, 0.3) is 0 Å². The molecule has 1 aliphatic carbocycles. The van der Waals surface area contributed by atoms with Gasteiger partial charge in [0.1, 0.15) is 18.0 Å². The van der Waals surface area contributed by atoms with Crippen LogP contribution in [0.2, 0.25) is 0 Å². The van der Waals surface area contributed by atoms with Gasteiger partial charge in [0.2, 0.25) is 0 Å². The molecular formula is C23H24N4O6. The van der Waals surface area contributed by atoms with Gasteiger partial charge in [-0.15, -0.1) is 0 Å². The zero-order valence-electron chi connectivity index (χ0n) is 17.9. The van der Waals surface area contributed by atoms with E-state index in [0.29, 0.717) is 49.6 Å². The van der Waals surface area contributed by atoms with E-state index in [1.807, 2.05) is 30.3 Å². The van der Waals surface area contributed by atoms with Crippen molar-refractivity contribution in [2.24, 2.45) is 0 Å². The number of benzene rings is 1. The molecule has 172 valence electrons. The Hall–Kier alpha value is -3.82. The average molecular weight is 452 g/mol. The number of aromatic nitrogens is 1. The summed E-state index contributed by atoms with van der Waals surface area (Å²) >= 11 is 0. The van der Waals surface area contributed by atoms with Crippen LogP contribution in [0.15, 0.2) is 42.5 Å². The molecular weight excluding hydrogens is 428 g/mol. The van der Waals surface area contributed by atoms with Crippen molar-refractivity contribution in [3.05, 3.63) is 48.0 Å². The Bertz CT molecular complexity index is 1070. The molecule has 2 aromatic rings. The highest BCUT2D eigenvalue weighted by Crippen LogP contribution is 2.39. The van der Waals surface area contributed by atoms with E-state index in [-0.39, 0.29) is 25.2 Å². The number of carbonyl (C=O) groups excluding carboxylic acids is 3. The van der Waals surface area contributed by atoms with E-state index < -0.39 is 17.8 Å². The Labute approximate surface area is 190 Å². The number of rotatable bonds is 4. The van der Waals surface area contributed by atoms with E-state index in [1.54, 1.807) is 12.1 Å². The van der Waals surface area contributed by atoms with Crippen LogP contribution < -0.4 is 20.3 Å². The summed E-state index contributed by atoms with van der Waals surface area (Å²) in [6.45, 7) is 0.519. The monoisotopic (exact) mass is 452 g/mol. The maximum absolute atomic E-state index is 12.6. The van der Waals surface area contributed by atoms with E-state index in [1.165, 1.54) is 4.90 Å². The Kier molecular flexibility index (Phi) is 5.49. The third kappa shape index (κ3) is 4.55. The van der Waals surface area contributed by atoms with Crippen molar-refractivity contribution < 1.29 is 28.6 Å². The van der Waals surface area contributed by atoms with Crippen LogP contribution in [0.4, 0.5) is 21.2 Å². The first kappa shape index (κ1) is 21.0. The molecule has 0 bridgehead atoms. The molecule has 1 aromatic heterocycles. The summed E-state index contributed by atoms with van der Waals surface area (Å²) in [6, 6.07) is 12.8. The second-order valence-corrected chi connectivity index (χ2v) is 8.47. The minimum atomic E-state index is -0.624. The lowest BCUT2D eigenvalue weighted by Crippen LogP contribution is -2.45. The minimum absolute atomic E-state index is 0.0409. The van der Waals surface area contributed by atoms with Gasteiger partial charge in [0.05, 0.1) is 6.54 Å². The Morgan fingerprint density at radius 1 is 1.18 bits per heavy atom. The summed E-state index contributed by atoms with van der Waals surface area (Å²) in [5, 5.41) is 5.55. The van der Waals surface area contributed by atoms with Gasteiger partial charge in [-0.3, -0.25) is 9.69 Å². The number of nitrogens with one attached hydrogen (secondary N) is 2. The lowest BCUT2D eigenvalue weighted by Gasteiger charge is -2.35. The lowest BCUT2D eigenvalue weighted by atomic mass is 9.82. The fourth-order valence-electron chi connectivity index (χ4n) is 4.38. The molecule has 10 nitrogen and oxygen atoms in total. The number of fused-ring (bicyclic) bond motifs is 1. The summed E-state index contributed by atoms with van der Waals surface area (Å²) in [7, 11) is 0. The van der Waals surface area contributed by atoms with E-state index >= 15 is 0 Å². The molecule has 0 radical (unpaired) electrons. The van der Waals surface area contributed by atoms with E-state index in [2.05, 4.69) is 15.6 Å². The molecule has 0 atom stereocenters. The molecule has 33 heavy (non-hydrogen) atoms. The zero-order chi connectivity index (χ0) is 22.8. The van der Waals surface area contributed by atoms with Crippen LogP contribution in [0, 0.1) is 0 Å². The van der Waals surface area contributed by atoms with Crippen LogP contribution in [0.3, 0.4) is 0 Å². The Morgan fingerprint density at radius 3 is 2.76 bits per heavy atom. The molecule has 1 saturated heterocycles. The fourth-order valence-corrected chi connectivity index (χ4v) is 4.38. The molecule has 3 aliphatic rings. The third-order valence-electron chi connectivity index (χ3n) is 6.14. The molecule has 1 aromatic carbocycles. The molecule has 2 N–H and O–H groups in total. The van der Waals surface area contributed by atoms with Gasteiger partial charge in [0.15, 0.2) is 18.2 Å². The largest absolute Gasteiger partial charge is 0.480 e. The average Bonchev–Trinajstić information content (AvgIpc) is 3.15. The van der Waals surface area contributed by atoms with Crippen molar-refractivity contribution in [2.45, 2.75) is 43.9 Å². The van der Waals surface area contributed by atoms with Crippen LogP contribution in [-0.2, 0) is 20.9 Å². The number of anilines is 2. The van der Waals surface area contributed by atoms with Crippen LogP contribution in [-0.4, -0.2) is 47.9 Å². The highest BCUT2D eigenvalue weighted by Gasteiger charge is 2.48. The second kappa shape index (κ2) is 8.61. The third-order valence-corrected chi connectivity index (χ3v) is 6.14. The van der Waals surface area contributed by atoms with Crippen molar-refractivity contribution in [2.75, 3.05) is 23.4 Å². The predicted molar refractivity (Wildman–Crippen MR) is 117 cm³/mol. The number of nitrogens with zero attached hydrogens (tertiary/aromatic N) is 2. The smallest absolute Gasteiger partial charge is 0.416 e. The first-order valence-corrected chi connectivity index (χ1v) is 10.9. The standard InChI is InChI=1S/C23H24N4O6/c28-19-13-31-17-6-7-18(25-20(17)26-19)27-14-23(33-22(27)30)10-8-16(9-11-23)24-21(29)32-12-15-4-2-1-3-5-15/h1-7,16H,8-14H2,(H,24,29)(H,25,26,28)/t16-,23-. The van der Waals surface area contributed by atoms with Crippen LogP contribution in [0.1, 0.15) is 31.2 Å². The van der Waals surface area contributed by atoms with Gasteiger partial charge in [0.25, 0.3) is 5.91 Å². The van der Waals surface area contributed by atoms with Crippen molar-refractivity contribution in [1.82, 2.24) is 10.3 Å². The normalized spacial score (nSPS) is 23.9. The quantitative estimate of drug-likeness (QED) is 0.732. The first-order chi connectivity index (χ1) is 16.0. The Morgan fingerprint density at radius 2 is 1.97 bits per heavy atom. The maximum Gasteiger partial charge on any atom is 0.416 e. The van der Waals surface area contributed by atoms with Crippen molar-refractivity contribution in [3.8, 4) is 5.75 Å². The molecule has 5 rings (SSSR count). The van der Waals surface area contributed by atoms with Gasteiger partial charge < -0.3 is 24.8 Å². The number of ether oxygens (including phenoxy) is 3. The number of hydrogen-bond acceptors (Lipinski definition) is 7. The van der Waals surface area contributed by atoms with Crippen molar-refractivity contribution in [3.63, 3.8) is 0 Å². The SMILES string of the molecule is O=C1COc2ccc(N3C[C@]4(CC[C@@H](NC(=O)OCc5ccccc5)CC4)OC3=O)nc2N1. The maximum atomic E-state index is 12.6. The minimum Gasteiger partial charge on any atom is -0.480 e. The summed E-state index contributed by atoms with van der Waals surface area (Å²) < 4.78 is 16.4. The van der Waals surface area contributed by atoms with Gasteiger partial charge >= 0.3 is 12.2 Å². The second-order valence-electron chi connectivity index (χ2n) is 8.47. The molecule has 1 saturated carbocycles. The van der Waals surface area contributed by atoms with Crippen molar-refractivity contribution in [1.29, 1.82) is 0 Å². The molecule has 2 fully saturated rings. The van der Waals surface area contributed by atoms with Gasteiger partial charge in [-0.05, 0) is 43.4 Å². The number of amides is 3. The number of carbonyl (C=O) groups is 3. The highest BCUT2D eigenvalue weighted by molar-refractivity contribution is 5.95. The van der Waals surface area contributed by atoms with Crippen LogP contribution in [0.5, 0.6) is 5.75 Å². The highest BCUT2D eigenvalue weighted by atomic mass is 16.6. The van der Waals surface area contributed by atoms with Gasteiger partial charge in [-0.25, -0.2) is 14.6 Å². The lowest BCUT2D eigenvalue weighted by molar-refractivity contribution is -0.118. The fraction of sp³-hybridized carbons (Fsp3) is 0.391. The molecule has 1 spiro atoms. The first-order valence-electron chi connectivity index (χ1n) is 10.9. The Balaban J connectivity index is 1.15. The van der Waals surface area contributed by atoms with Gasteiger partial charge in [-0.1, -0.05) is 30.3 Å². The summed E-state index contributed by atoms with van der Waals surface area (Å²) in [5.41, 5.74) is 0.302. The van der Waals surface area contributed by atoms with Crippen LogP contribution >= 0.6 is 0 Å². The molecule has 3 amide bonds. The number of hydrogen-bond donors (Lipinski definition) is 2. The summed E-state index contributed by atoms with van der Waals surface area (Å²) in [4.78, 5) is 42.2. The van der Waals surface area contributed by atoms with E-state index in [9.17, 15) is 14.4 Å². The topological polar surface area (TPSA) is 119 Å². The summed E-state index contributed by atoms with van der Waals surface area (Å²) in [6.07, 6.45) is 1.64. The molecule has 10 heteroatoms. The molecule has 2 aliphatic heterocycles. The number of pyridine rings is 1. The molecule has 3 heterocycles. The number of alkyl carbamates (subject to hydrolysis) is 1.